The molecular formula is C19H26N4O3S3. The number of nitrogens with zero attached hydrogens (tertiary/aromatic N) is 3. The summed E-state index contributed by atoms with van der Waals surface area (Å²) in [6.07, 6.45) is 1.30. The van der Waals surface area contributed by atoms with Gasteiger partial charge in [-0.25, -0.2) is 8.42 Å². The smallest absolute Gasteiger partial charge is 0.243 e. The molecule has 1 aromatic heterocycles. The van der Waals surface area contributed by atoms with E-state index in [1.165, 1.54) is 15.6 Å². The maximum absolute atomic E-state index is 12.9. The first-order valence-electron chi connectivity index (χ1n) is 9.59. The van der Waals surface area contributed by atoms with Crippen molar-refractivity contribution in [2.75, 3.05) is 24.2 Å². The summed E-state index contributed by atoms with van der Waals surface area (Å²) in [6.45, 7) is 6.79. The molecule has 2 aromatic rings. The van der Waals surface area contributed by atoms with Crippen molar-refractivity contribution in [3.8, 4) is 0 Å². The molecule has 1 aromatic carbocycles. The summed E-state index contributed by atoms with van der Waals surface area (Å²) in [6, 6.07) is 6.80. The van der Waals surface area contributed by atoms with Crippen molar-refractivity contribution in [3.05, 3.63) is 29.8 Å². The second-order valence-electron chi connectivity index (χ2n) is 7.58. The lowest BCUT2D eigenvalue weighted by Crippen LogP contribution is -2.43. The number of rotatable bonds is 7. The third kappa shape index (κ3) is 5.78. The van der Waals surface area contributed by atoms with Crippen LogP contribution in [0.3, 0.4) is 0 Å². The fourth-order valence-electron chi connectivity index (χ4n) is 3.00. The van der Waals surface area contributed by atoms with Crippen LogP contribution in [-0.2, 0) is 14.8 Å². The van der Waals surface area contributed by atoms with E-state index in [-0.39, 0.29) is 17.3 Å². The number of hydrogen-bond donors (Lipinski definition) is 1. The summed E-state index contributed by atoms with van der Waals surface area (Å²) in [7, 11) is -3.60. The van der Waals surface area contributed by atoms with Crippen LogP contribution in [0.2, 0.25) is 0 Å². The molecule has 2 heterocycles. The van der Waals surface area contributed by atoms with Gasteiger partial charge in [0.05, 0.1) is 10.8 Å². The highest BCUT2D eigenvalue weighted by molar-refractivity contribution is 8.01. The summed E-state index contributed by atoms with van der Waals surface area (Å²) < 4.78 is 28.1. The van der Waals surface area contributed by atoms with E-state index in [2.05, 4.69) is 29.4 Å². The van der Waals surface area contributed by atoms with Gasteiger partial charge in [-0.3, -0.25) is 4.79 Å². The van der Waals surface area contributed by atoms with Gasteiger partial charge in [-0.05, 0) is 37.8 Å². The molecule has 0 bridgehead atoms. The third-order valence-corrected chi connectivity index (χ3v) is 8.87. The Morgan fingerprint density at radius 2 is 2.03 bits per heavy atom. The molecule has 1 aliphatic heterocycles. The van der Waals surface area contributed by atoms with Gasteiger partial charge in [0.15, 0.2) is 4.34 Å². The molecule has 0 spiro atoms. The lowest BCUT2D eigenvalue weighted by atomic mass is 9.99. The maximum Gasteiger partial charge on any atom is 0.243 e. The molecule has 158 valence electrons. The molecule has 1 atom stereocenters. The van der Waals surface area contributed by atoms with E-state index in [1.807, 2.05) is 6.92 Å². The van der Waals surface area contributed by atoms with Gasteiger partial charge in [0.1, 0.15) is 0 Å². The molecule has 0 saturated carbocycles. The van der Waals surface area contributed by atoms with Crippen molar-refractivity contribution in [1.29, 1.82) is 0 Å². The first-order valence-corrected chi connectivity index (χ1v) is 12.8. The minimum Gasteiger partial charge on any atom is -0.300 e. The molecule has 10 heteroatoms. The van der Waals surface area contributed by atoms with Crippen molar-refractivity contribution in [1.82, 2.24) is 14.5 Å². The van der Waals surface area contributed by atoms with Gasteiger partial charge in [-0.1, -0.05) is 54.6 Å². The minimum atomic E-state index is -3.60. The number of aromatic nitrogens is 2. The zero-order valence-electron chi connectivity index (χ0n) is 16.8. The lowest BCUT2D eigenvalue weighted by molar-refractivity contribution is -0.120. The number of carbonyl (C=O) groups is 1. The fourth-order valence-corrected chi connectivity index (χ4v) is 6.25. The number of piperidine rings is 1. The summed E-state index contributed by atoms with van der Waals surface area (Å²) >= 11 is 2.97. The first kappa shape index (κ1) is 22.2. The SMILES string of the molecule is Cc1ccc(S(=O)(=O)N2CCC[C@@H](C(=O)Nc3nnc(SCC(C)C)s3)C2)cc1. The Balaban J connectivity index is 1.63. The highest BCUT2D eigenvalue weighted by atomic mass is 32.2. The molecule has 0 unspecified atom stereocenters. The van der Waals surface area contributed by atoms with E-state index in [0.717, 1.165) is 15.7 Å². The van der Waals surface area contributed by atoms with Gasteiger partial charge in [0.25, 0.3) is 0 Å². The van der Waals surface area contributed by atoms with E-state index in [9.17, 15) is 13.2 Å². The second-order valence-corrected chi connectivity index (χ2v) is 11.8. The van der Waals surface area contributed by atoms with Crippen LogP contribution in [0.4, 0.5) is 5.13 Å². The Bertz CT molecular complexity index is 942. The predicted octanol–water partition coefficient (Wildman–Crippen LogP) is 3.63. The van der Waals surface area contributed by atoms with Crippen molar-refractivity contribution in [2.45, 2.75) is 42.8 Å². The second kappa shape index (κ2) is 9.55. The number of benzene rings is 1. The van der Waals surface area contributed by atoms with Crippen LogP contribution in [0, 0.1) is 18.8 Å². The van der Waals surface area contributed by atoms with Crippen LogP contribution in [0.5, 0.6) is 0 Å². The maximum atomic E-state index is 12.9. The first-order chi connectivity index (χ1) is 13.8. The Labute approximate surface area is 180 Å². The summed E-state index contributed by atoms with van der Waals surface area (Å²) in [5, 5.41) is 11.4. The van der Waals surface area contributed by atoms with E-state index in [1.54, 1.807) is 36.0 Å². The van der Waals surface area contributed by atoms with Crippen molar-refractivity contribution in [2.24, 2.45) is 11.8 Å². The molecule has 0 radical (unpaired) electrons. The van der Waals surface area contributed by atoms with E-state index in [0.29, 0.717) is 30.4 Å². The van der Waals surface area contributed by atoms with Gasteiger partial charge in [-0.2, -0.15) is 4.31 Å². The molecule has 1 N–H and O–H groups in total. The Kier molecular flexibility index (Phi) is 7.31. The molecule has 1 fully saturated rings. The average Bonchev–Trinajstić information content (AvgIpc) is 3.14. The summed E-state index contributed by atoms with van der Waals surface area (Å²) in [5.41, 5.74) is 1.00. The Morgan fingerprint density at radius 3 is 2.72 bits per heavy atom. The van der Waals surface area contributed by atoms with Crippen LogP contribution < -0.4 is 5.32 Å². The zero-order valence-corrected chi connectivity index (χ0v) is 19.2. The Hall–Kier alpha value is -1.49. The molecule has 7 nitrogen and oxygen atoms in total. The highest BCUT2D eigenvalue weighted by Gasteiger charge is 2.33. The lowest BCUT2D eigenvalue weighted by Gasteiger charge is -2.31. The number of thioether (sulfide) groups is 1. The van der Waals surface area contributed by atoms with Crippen LogP contribution >= 0.6 is 23.1 Å². The monoisotopic (exact) mass is 454 g/mol. The quantitative estimate of drug-likeness (QED) is 0.507. The fraction of sp³-hybridized carbons (Fsp3) is 0.526. The number of carbonyl (C=O) groups excluding carboxylic acids is 1. The van der Waals surface area contributed by atoms with Gasteiger partial charge in [-0.15, -0.1) is 10.2 Å². The summed E-state index contributed by atoms with van der Waals surface area (Å²) in [5.74, 6) is 0.882. The molecular weight excluding hydrogens is 428 g/mol. The standard InChI is InChI=1S/C19H26N4O3S3/c1-13(2)12-27-19-22-21-18(28-19)20-17(24)15-5-4-10-23(11-15)29(25,26)16-8-6-14(3)7-9-16/h6-9,13,15H,4-5,10-12H2,1-3H3,(H,20,21,24)/t15-/m1/s1. The molecule has 3 rings (SSSR count). The summed E-state index contributed by atoms with van der Waals surface area (Å²) in [4.78, 5) is 13.0. The number of anilines is 1. The Morgan fingerprint density at radius 1 is 1.31 bits per heavy atom. The highest BCUT2D eigenvalue weighted by Crippen LogP contribution is 2.29. The van der Waals surface area contributed by atoms with Crippen molar-refractivity contribution in [3.63, 3.8) is 0 Å². The zero-order chi connectivity index (χ0) is 21.0. The van der Waals surface area contributed by atoms with E-state index in [4.69, 9.17) is 0 Å². The van der Waals surface area contributed by atoms with E-state index >= 15 is 0 Å². The van der Waals surface area contributed by atoms with Crippen LogP contribution in [-0.4, -0.2) is 47.7 Å². The number of sulfonamides is 1. The number of amides is 1. The number of hydrogen-bond acceptors (Lipinski definition) is 7. The largest absolute Gasteiger partial charge is 0.300 e. The molecule has 0 aliphatic carbocycles. The van der Waals surface area contributed by atoms with Gasteiger partial charge in [0, 0.05) is 18.8 Å². The normalized spacial score (nSPS) is 18.1. The number of aryl methyl sites for hydroxylation is 1. The van der Waals surface area contributed by atoms with Gasteiger partial charge >= 0.3 is 0 Å². The van der Waals surface area contributed by atoms with Crippen LogP contribution in [0.25, 0.3) is 0 Å². The van der Waals surface area contributed by atoms with Crippen LogP contribution in [0.15, 0.2) is 33.5 Å². The molecule has 1 saturated heterocycles. The third-order valence-electron chi connectivity index (χ3n) is 4.59. The van der Waals surface area contributed by atoms with Gasteiger partial charge in [0.2, 0.25) is 21.1 Å². The topological polar surface area (TPSA) is 92.3 Å². The van der Waals surface area contributed by atoms with Crippen molar-refractivity contribution < 1.29 is 13.2 Å². The van der Waals surface area contributed by atoms with E-state index < -0.39 is 15.9 Å². The van der Waals surface area contributed by atoms with Crippen LogP contribution in [0.1, 0.15) is 32.3 Å². The molecule has 1 aliphatic rings. The predicted molar refractivity (Wildman–Crippen MR) is 117 cm³/mol. The number of nitrogens with one attached hydrogen (secondary N) is 1. The minimum absolute atomic E-state index is 0.176. The molecule has 29 heavy (non-hydrogen) atoms. The van der Waals surface area contributed by atoms with Crippen molar-refractivity contribution >= 4 is 44.2 Å². The molecule has 1 amide bonds. The van der Waals surface area contributed by atoms with Gasteiger partial charge < -0.3 is 5.32 Å². The average molecular weight is 455 g/mol.